The minimum Gasteiger partial charge on any atom is -0.504 e. The largest absolute Gasteiger partial charge is 0.504 e. The number of nitrogens with zero attached hydrogens (tertiary/aromatic N) is 1. The van der Waals surface area contributed by atoms with E-state index in [0.717, 1.165) is 33.7 Å². The van der Waals surface area contributed by atoms with Crippen LogP contribution in [0.3, 0.4) is 0 Å². The molecule has 0 radical (unpaired) electrons. The minimum absolute atomic E-state index is 0.0201. The molecule has 6 nitrogen and oxygen atoms in total. The molecule has 0 saturated heterocycles. The maximum atomic E-state index is 13.5. The summed E-state index contributed by atoms with van der Waals surface area (Å²) < 4.78 is 10.9. The number of ether oxygens (including phenoxy) is 1. The molecule has 3 aromatic rings. The van der Waals surface area contributed by atoms with Crippen LogP contribution >= 0.6 is 11.8 Å². The van der Waals surface area contributed by atoms with Crippen LogP contribution < -0.4 is 10.1 Å². The van der Waals surface area contributed by atoms with Crippen molar-refractivity contribution in [2.45, 2.75) is 36.5 Å². The number of aromatic nitrogens is 1. The van der Waals surface area contributed by atoms with Crippen molar-refractivity contribution < 1.29 is 19.2 Å². The molecule has 164 valence electrons. The van der Waals surface area contributed by atoms with E-state index in [0.29, 0.717) is 24.5 Å². The molecule has 7 heteroatoms. The Bertz CT molecular complexity index is 1230. The summed E-state index contributed by atoms with van der Waals surface area (Å²) in [6.45, 7) is 1.91. The number of phenolic OH excluding ortho intramolecular Hbond substituents is 1. The second-order valence-corrected chi connectivity index (χ2v) is 9.07. The van der Waals surface area contributed by atoms with Gasteiger partial charge in [-0.05, 0) is 60.9 Å². The van der Waals surface area contributed by atoms with Crippen molar-refractivity contribution in [1.29, 1.82) is 0 Å². The molecule has 2 heterocycles. The number of hydrogen-bond donors (Lipinski definition) is 2. The van der Waals surface area contributed by atoms with Gasteiger partial charge in [0, 0.05) is 28.5 Å². The van der Waals surface area contributed by atoms with E-state index >= 15 is 0 Å². The molecule has 1 aliphatic heterocycles. The highest BCUT2D eigenvalue weighted by Crippen LogP contribution is 2.49. The first-order chi connectivity index (χ1) is 15.5. The predicted octanol–water partition coefficient (Wildman–Crippen LogP) is 5.38. The van der Waals surface area contributed by atoms with Crippen LogP contribution in [0.2, 0.25) is 0 Å². The average molecular weight is 449 g/mol. The maximum Gasteiger partial charge on any atom is 0.233 e. The first kappa shape index (κ1) is 20.7. The normalized spacial score (nSPS) is 19.9. The van der Waals surface area contributed by atoms with E-state index in [2.05, 4.69) is 34.7 Å². The van der Waals surface area contributed by atoms with Gasteiger partial charge in [0.2, 0.25) is 5.88 Å². The number of anilines is 1. The molecular formula is C25H24N2O4S. The number of carbonyl (C=O) groups is 1. The fourth-order valence-corrected chi connectivity index (χ4v) is 5.19. The first-order valence-corrected chi connectivity index (χ1v) is 11.7. The summed E-state index contributed by atoms with van der Waals surface area (Å²) in [5, 5.41) is 17.5. The lowest BCUT2D eigenvalue weighted by Crippen LogP contribution is -2.29. The van der Waals surface area contributed by atoms with Gasteiger partial charge in [0.25, 0.3) is 0 Å². The molecule has 2 aliphatic rings. The van der Waals surface area contributed by atoms with Crippen LogP contribution in [0, 0.1) is 6.92 Å². The molecule has 0 saturated carbocycles. The number of Topliss-reactive ketones (excluding diaryl/α,β-unsaturated/α-hetero) is 1. The molecule has 1 aliphatic carbocycles. The number of aromatic hydroxyl groups is 1. The molecule has 2 aromatic carbocycles. The zero-order valence-electron chi connectivity index (χ0n) is 18.1. The Morgan fingerprint density at radius 3 is 2.62 bits per heavy atom. The number of ketones is 1. The number of thioether (sulfide) groups is 1. The van der Waals surface area contributed by atoms with Gasteiger partial charge in [0.1, 0.15) is 0 Å². The average Bonchev–Trinajstić information content (AvgIpc) is 3.18. The number of nitrogens with one attached hydrogen (secondary N) is 1. The maximum absolute atomic E-state index is 13.5. The number of rotatable bonds is 4. The van der Waals surface area contributed by atoms with E-state index in [9.17, 15) is 9.90 Å². The third kappa shape index (κ3) is 3.37. The minimum atomic E-state index is -0.203. The van der Waals surface area contributed by atoms with E-state index in [1.807, 2.05) is 25.3 Å². The predicted molar refractivity (Wildman–Crippen MR) is 124 cm³/mol. The second-order valence-electron chi connectivity index (χ2n) is 8.19. The van der Waals surface area contributed by atoms with E-state index < -0.39 is 0 Å². The van der Waals surface area contributed by atoms with E-state index in [1.54, 1.807) is 17.8 Å². The van der Waals surface area contributed by atoms with E-state index in [4.69, 9.17) is 9.26 Å². The molecule has 0 bridgehead atoms. The Morgan fingerprint density at radius 1 is 1.16 bits per heavy atom. The molecule has 0 amide bonds. The Kier molecular flexibility index (Phi) is 5.21. The molecule has 2 N–H and O–H groups in total. The summed E-state index contributed by atoms with van der Waals surface area (Å²) in [6.07, 6.45) is 3.10. The van der Waals surface area contributed by atoms with Crippen LogP contribution in [-0.2, 0) is 4.79 Å². The monoisotopic (exact) mass is 448 g/mol. The molecule has 0 unspecified atom stereocenters. The van der Waals surface area contributed by atoms with Crippen molar-refractivity contribution in [3.63, 3.8) is 0 Å². The summed E-state index contributed by atoms with van der Waals surface area (Å²) in [6, 6.07) is 13.6. The third-order valence-electron chi connectivity index (χ3n) is 6.38. The fourth-order valence-electron chi connectivity index (χ4n) is 4.79. The lowest BCUT2D eigenvalue weighted by atomic mass is 9.72. The highest BCUT2D eigenvalue weighted by molar-refractivity contribution is 7.98. The number of hydrogen-bond acceptors (Lipinski definition) is 7. The Morgan fingerprint density at radius 2 is 1.91 bits per heavy atom. The van der Waals surface area contributed by atoms with Crippen LogP contribution in [-0.4, -0.2) is 29.4 Å². The summed E-state index contributed by atoms with van der Waals surface area (Å²) in [7, 11) is 1.52. The van der Waals surface area contributed by atoms with Gasteiger partial charge in [0.05, 0.1) is 18.4 Å². The van der Waals surface area contributed by atoms with Crippen molar-refractivity contribution >= 4 is 23.4 Å². The van der Waals surface area contributed by atoms with E-state index in [1.165, 1.54) is 12.0 Å². The van der Waals surface area contributed by atoms with Gasteiger partial charge in [-0.2, -0.15) is 0 Å². The SMILES string of the molecule is COc1cc([C@@H]2CC(=O)C3=C(C2)Nc2onc(C)c2[C@@H]3c2ccc(SC)cc2)ccc1O. The van der Waals surface area contributed by atoms with Crippen molar-refractivity contribution in [2.75, 3.05) is 18.7 Å². The molecule has 1 aromatic heterocycles. The van der Waals surface area contributed by atoms with Crippen molar-refractivity contribution in [1.82, 2.24) is 5.16 Å². The molecule has 2 atom stereocenters. The highest BCUT2D eigenvalue weighted by Gasteiger charge is 2.41. The smallest absolute Gasteiger partial charge is 0.233 e. The van der Waals surface area contributed by atoms with E-state index in [-0.39, 0.29) is 23.4 Å². The summed E-state index contributed by atoms with van der Waals surface area (Å²) >= 11 is 1.69. The Labute approximate surface area is 190 Å². The molecule has 0 fully saturated rings. The van der Waals surface area contributed by atoms with Crippen LogP contribution in [0.4, 0.5) is 5.88 Å². The van der Waals surface area contributed by atoms with Gasteiger partial charge in [-0.15, -0.1) is 11.8 Å². The topological polar surface area (TPSA) is 84.6 Å². The van der Waals surface area contributed by atoms with Gasteiger partial charge < -0.3 is 19.7 Å². The number of phenols is 1. The van der Waals surface area contributed by atoms with Gasteiger partial charge in [-0.3, -0.25) is 4.79 Å². The standard InChI is InChI=1S/C25H24N2O4S/c1-13-22-23(14-4-7-17(32-3)8-5-14)24-18(26-25(22)31-27-13)10-16(11-20(24)29)15-6-9-19(28)21(12-15)30-2/h4-9,12,16,23,26,28H,10-11H2,1-3H3/t16-,23-/m0/s1. The zero-order valence-corrected chi connectivity index (χ0v) is 19.0. The van der Waals surface area contributed by atoms with Crippen LogP contribution in [0.5, 0.6) is 11.5 Å². The van der Waals surface area contributed by atoms with Crippen LogP contribution in [0.15, 0.2) is 63.2 Å². The highest BCUT2D eigenvalue weighted by atomic mass is 32.2. The fraction of sp³-hybridized carbons (Fsp3) is 0.280. The van der Waals surface area contributed by atoms with Crippen molar-refractivity contribution in [3.8, 4) is 11.5 Å². The van der Waals surface area contributed by atoms with Crippen LogP contribution in [0.1, 0.15) is 47.1 Å². The van der Waals surface area contributed by atoms with Gasteiger partial charge >= 0.3 is 0 Å². The number of benzene rings is 2. The Hall–Kier alpha value is -3.19. The molecule has 32 heavy (non-hydrogen) atoms. The molecular weight excluding hydrogens is 424 g/mol. The third-order valence-corrected chi connectivity index (χ3v) is 7.13. The summed E-state index contributed by atoms with van der Waals surface area (Å²) in [5.74, 6) is 0.994. The van der Waals surface area contributed by atoms with Crippen LogP contribution in [0.25, 0.3) is 0 Å². The number of fused-ring (bicyclic) bond motifs is 1. The lowest BCUT2D eigenvalue weighted by Gasteiger charge is -2.34. The summed E-state index contributed by atoms with van der Waals surface area (Å²) in [4.78, 5) is 14.7. The van der Waals surface area contributed by atoms with Gasteiger partial charge in [-0.1, -0.05) is 23.4 Å². The molecule has 5 rings (SSSR count). The Balaban J connectivity index is 1.58. The first-order valence-electron chi connectivity index (χ1n) is 10.5. The lowest BCUT2D eigenvalue weighted by molar-refractivity contribution is -0.116. The van der Waals surface area contributed by atoms with Gasteiger partial charge in [0.15, 0.2) is 17.3 Å². The van der Waals surface area contributed by atoms with Gasteiger partial charge in [-0.25, -0.2) is 0 Å². The zero-order chi connectivity index (χ0) is 22.4. The number of allylic oxidation sites excluding steroid dienone is 2. The molecule has 0 spiro atoms. The second kappa shape index (κ2) is 8.06. The number of aryl methyl sites for hydroxylation is 1. The van der Waals surface area contributed by atoms with Crippen molar-refractivity contribution in [3.05, 3.63) is 76.1 Å². The quantitative estimate of drug-likeness (QED) is 0.519. The summed E-state index contributed by atoms with van der Waals surface area (Å²) in [5.41, 5.74) is 5.41. The number of carbonyl (C=O) groups excluding carboxylic acids is 1. The number of methoxy groups -OCH3 is 1. The van der Waals surface area contributed by atoms with Crippen molar-refractivity contribution in [2.24, 2.45) is 0 Å².